The highest BCUT2D eigenvalue weighted by Gasteiger charge is 2.39. The van der Waals surface area contributed by atoms with Crippen LogP contribution in [-0.2, 0) is 20.8 Å². The van der Waals surface area contributed by atoms with Gasteiger partial charge in [0, 0.05) is 5.69 Å². The number of nitrogens with one attached hydrogen (secondary N) is 1. The van der Waals surface area contributed by atoms with Gasteiger partial charge in [0.2, 0.25) is 5.91 Å². The highest BCUT2D eigenvalue weighted by molar-refractivity contribution is 6.23. The first-order valence-corrected chi connectivity index (χ1v) is 8.78. The molecule has 2 amide bonds. The zero-order valence-electron chi connectivity index (χ0n) is 15.6. The Morgan fingerprint density at radius 2 is 1.70 bits per heavy atom. The molecule has 6 heteroatoms. The topological polar surface area (TPSA) is 86.7 Å². The first kappa shape index (κ1) is 18.6. The summed E-state index contributed by atoms with van der Waals surface area (Å²) < 4.78 is 0. The standard InChI is InChI=1S/C21H22N2O4/c1-12-8-13(2)20(14(3)9-12)22-17-11-18(24)23(21(17)27)16-6-4-15(5-7-16)10-19(25)26/h4-9,17,22H,10-11H2,1-3H3,(H,25,26). The zero-order chi connectivity index (χ0) is 19.7. The van der Waals surface area contributed by atoms with Crippen LogP contribution in [0.1, 0.15) is 28.7 Å². The number of aliphatic carboxylic acids is 1. The molecular weight excluding hydrogens is 344 g/mol. The minimum Gasteiger partial charge on any atom is -0.481 e. The van der Waals surface area contributed by atoms with E-state index in [9.17, 15) is 14.4 Å². The molecule has 1 fully saturated rings. The summed E-state index contributed by atoms with van der Waals surface area (Å²) in [4.78, 5) is 37.2. The largest absolute Gasteiger partial charge is 0.481 e. The van der Waals surface area contributed by atoms with Gasteiger partial charge in [0.25, 0.3) is 5.91 Å². The van der Waals surface area contributed by atoms with Crippen molar-refractivity contribution in [1.82, 2.24) is 0 Å². The third kappa shape index (κ3) is 3.84. The second-order valence-corrected chi connectivity index (χ2v) is 6.98. The van der Waals surface area contributed by atoms with Gasteiger partial charge in [-0.25, -0.2) is 4.90 Å². The Morgan fingerprint density at radius 1 is 1.11 bits per heavy atom. The van der Waals surface area contributed by atoms with Crippen molar-refractivity contribution in [2.75, 3.05) is 10.2 Å². The fourth-order valence-corrected chi connectivity index (χ4v) is 3.54. The van der Waals surface area contributed by atoms with E-state index >= 15 is 0 Å². The Morgan fingerprint density at radius 3 is 2.26 bits per heavy atom. The van der Waals surface area contributed by atoms with Gasteiger partial charge in [0.1, 0.15) is 6.04 Å². The Balaban J connectivity index is 1.80. The van der Waals surface area contributed by atoms with Crippen LogP contribution >= 0.6 is 0 Å². The van der Waals surface area contributed by atoms with Crippen molar-refractivity contribution in [2.24, 2.45) is 0 Å². The predicted molar refractivity (Wildman–Crippen MR) is 103 cm³/mol. The number of amides is 2. The van der Waals surface area contributed by atoms with E-state index in [0.29, 0.717) is 11.3 Å². The number of aryl methyl sites for hydroxylation is 3. The van der Waals surface area contributed by atoms with E-state index in [0.717, 1.165) is 22.4 Å². The van der Waals surface area contributed by atoms with Crippen LogP contribution in [0.25, 0.3) is 0 Å². The van der Waals surface area contributed by atoms with Crippen molar-refractivity contribution in [3.8, 4) is 0 Å². The number of carboxylic acid groups (broad SMARTS) is 1. The van der Waals surface area contributed by atoms with Gasteiger partial charge >= 0.3 is 5.97 Å². The molecule has 3 rings (SSSR count). The van der Waals surface area contributed by atoms with Gasteiger partial charge < -0.3 is 10.4 Å². The highest BCUT2D eigenvalue weighted by atomic mass is 16.4. The van der Waals surface area contributed by atoms with Crippen molar-refractivity contribution in [3.05, 3.63) is 58.7 Å². The van der Waals surface area contributed by atoms with Crippen LogP contribution < -0.4 is 10.2 Å². The minimum absolute atomic E-state index is 0.0858. The summed E-state index contributed by atoms with van der Waals surface area (Å²) in [7, 11) is 0. The van der Waals surface area contributed by atoms with E-state index in [-0.39, 0.29) is 24.7 Å². The molecule has 1 saturated heterocycles. The molecular formula is C21H22N2O4. The molecule has 1 atom stereocenters. The maximum atomic E-state index is 12.8. The van der Waals surface area contributed by atoms with Crippen molar-refractivity contribution in [3.63, 3.8) is 0 Å². The smallest absolute Gasteiger partial charge is 0.307 e. The first-order chi connectivity index (χ1) is 12.8. The summed E-state index contributed by atoms with van der Waals surface area (Å²) in [5, 5.41) is 12.1. The third-order valence-electron chi connectivity index (χ3n) is 4.69. The van der Waals surface area contributed by atoms with E-state index in [4.69, 9.17) is 5.11 Å². The van der Waals surface area contributed by atoms with Gasteiger partial charge in [0.05, 0.1) is 18.5 Å². The second-order valence-electron chi connectivity index (χ2n) is 6.98. The van der Waals surface area contributed by atoms with E-state index < -0.39 is 12.0 Å². The van der Waals surface area contributed by atoms with Gasteiger partial charge in [-0.2, -0.15) is 0 Å². The van der Waals surface area contributed by atoms with Gasteiger partial charge in [-0.3, -0.25) is 14.4 Å². The van der Waals surface area contributed by atoms with Gasteiger partial charge in [-0.15, -0.1) is 0 Å². The summed E-state index contributed by atoms with van der Waals surface area (Å²) in [5.41, 5.74) is 5.16. The first-order valence-electron chi connectivity index (χ1n) is 8.78. The molecule has 0 aromatic heterocycles. The molecule has 1 unspecified atom stereocenters. The lowest BCUT2D eigenvalue weighted by atomic mass is 10.0. The maximum Gasteiger partial charge on any atom is 0.307 e. The minimum atomic E-state index is -0.927. The van der Waals surface area contributed by atoms with Crippen LogP contribution in [0.2, 0.25) is 0 Å². The molecule has 0 radical (unpaired) electrons. The maximum absolute atomic E-state index is 12.8. The van der Waals surface area contributed by atoms with E-state index in [1.54, 1.807) is 24.3 Å². The molecule has 0 spiro atoms. The van der Waals surface area contributed by atoms with Crippen molar-refractivity contribution in [2.45, 2.75) is 39.7 Å². The number of anilines is 2. The monoisotopic (exact) mass is 366 g/mol. The second kappa shape index (κ2) is 7.23. The number of hydrogen-bond acceptors (Lipinski definition) is 4. The number of carbonyl (C=O) groups excluding carboxylic acids is 2. The molecule has 2 aromatic rings. The van der Waals surface area contributed by atoms with E-state index in [2.05, 4.69) is 5.32 Å². The van der Waals surface area contributed by atoms with Crippen LogP contribution in [0.5, 0.6) is 0 Å². The van der Waals surface area contributed by atoms with Crippen LogP contribution in [0.3, 0.4) is 0 Å². The number of carbonyl (C=O) groups is 3. The summed E-state index contributed by atoms with van der Waals surface area (Å²) in [6, 6.07) is 9.93. The number of hydrogen-bond donors (Lipinski definition) is 2. The number of carboxylic acids is 1. The summed E-state index contributed by atoms with van der Waals surface area (Å²) in [5.74, 6) is -1.50. The van der Waals surface area contributed by atoms with Crippen molar-refractivity contribution in [1.29, 1.82) is 0 Å². The fraction of sp³-hybridized carbons (Fsp3) is 0.286. The molecule has 2 N–H and O–H groups in total. The van der Waals surface area contributed by atoms with Crippen LogP contribution in [-0.4, -0.2) is 28.9 Å². The third-order valence-corrected chi connectivity index (χ3v) is 4.69. The normalized spacial score (nSPS) is 16.7. The lowest BCUT2D eigenvalue weighted by molar-refractivity contribution is -0.136. The van der Waals surface area contributed by atoms with Gasteiger partial charge in [0.15, 0.2) is 0 Å². The predicted octanol–water partition coefficient (Wildman–Crippen LogP) is 2.98. The number of benzene rings is 2. The van der Waals surface area contributed by atoms with Crippen LogP contribution in [0, 0.1) is 20.8 Å². The van der Waals surface area contributed by atoms with Gasteiger partial charge in [-0.05, 0) is 49.6 Å². The van der Waals surface area contributed by atoms with E-state index in [1.165, 1.54) is 4.90 Å². The average Bonchev–Trinajstić information content (AvgIpc) is 2.85. The molecule has 27 heavy (non-hydrogen) atoms. The van der Waals surface area contributed by atoms with Crippen LogP contribution in [0.15, 0.2) is 36.4 Å². The molecule has 1 aliphatic heterocycles. The summed E-state index contributed by atoms with van der Waals surface area (Å²) in [6.07, 6.45) is -0.0131. The Hall–Kier alpha value is -3.15. The number of imide groups is 1. The lowest BCUT2D eigenvalue weighted by Gasteiger charge is -2.19. The lowest BCUT2D eigenvalue weighted by Crippen LogP contribution is -2.35. The Labute approximate surface area is 157 Å². The average molecular weight is 366 g/mol. The molecule has 0 aliphatic carbocycles. The molecule has 0 saturated carbocycles. The summed E-state index contributed by atoms with van der Waals surface area (Å²) >= 11 is 0. The Kier molecular flexibility index (Phi) is 4.99. The van der Waals surface area contributed by atoms with Crippen molar-refractivity contribution < 1.29 is 19.5 Å². The zero-order valence-corrected chi connectivity index (χ0v) is 15.6. The molecule has 1 heterocycles. The van der Waals surface area contributed by atoms with Crippen LogP contribution in [0.4, 0.5) is 11.4 Å². The molecule has 0 bridgehead atoms. The SMILES string of the molecule is Cc1cc(C)c(NC2CC(=O)N(c3ccc(CC(=O)O)cc3)C2=O)c(C)c1. The molecule has 140 valence electrons. The highest BCUT2D eigenvalue weighted by Crippen LogP contribution is 2.28. The molecule has 2 aromatic carbocycles. The van der Waals surface area contributed by atoms with Crippen molar-refractivity contribution >= 4 is 29.2 Å². The van der Waals surface area contributed by atoms with E-state index in [1.807, 2.05) is 32.9 Å². The van der Waals surface area contributed by atoms with Gasteiger partial charge in [-0.1, -0.05) is 29.8 Å². The summed E-state index contributed by atoms with van der Waals surface area (Å²) in [6.45, 7) is 5.97. The molecule has 1 aliphatic rings. The Bertz CT molecular complexity index is 895. The fourth-order valence-electron chi connectivity index (χ4n) is 3.54. The quantitative estimate of drug-likeness (QED) is 0.795. The number of rotatable bonds is 5. The number of nitrogens with zero attached hydrogens (tertiary/aromatic N) is 1. The molecule has 6 nitrogen and oxygen atoms in total.